The molecule has 0 unspecified atom stereocenters. The van der Waals surface area contributed by atoms with E-state index in [1.54, 1.807) is 31.2 Å². The second kappa shape index (κ2) is 6.31. The molecule has 0 spiro atoms. The minimum Gasteiger partial charge on any atom is -0.497 e. The molecule has 0 aromatic heterocycles. The lowest BCUT2D eigenvalue weighted by molar-refractivity contribution is 0.0785. The zero-order valence-corrected chi connectivity index (χ0v) is 12.6. The molecule has 0 aliphatic rings. The summed E-state index contributed by atoms with van der Waals surface area (Å²) in [4.78, 5) is 14.1. The van der Waals surface area contributed by atoms with Crippen molar-refractivity contribution < 1.29 is 9.53 Å². The fraction of sp³-hybridized carbons (Fsp3) is 0.235. The number of rotatable bonds is 4. The Kier molecular flexibility index (Phi) is 4.48. The lowest BCUT2D eigenvalue weighted by Gasteiger charge is -2.18. The molecule has 2 aromatic carbocycles. The summed E-state index contributed by atoms with van der Waals surface area (Å²) in [7, 11) is 3.42. The predicted octanol–water partition coefficient (Wildman–Crippen LogP) is 2.86. The number of ether oxygens (including phenoxy) is 1. The van der Waals surface area contributed by atoms with Gasteiger partial charge in [-0.3, -0.25) is 4.79 Å². The van der Waals surface area contributed by atoms with Crippen LogP contribution in [0.15, 0.2) is 42.5 Å². The van der Waals surface area contributed by atoms with Crippen molar-refractivity contribution in [3.63, 3.8) is 0 Å². The van der Waals surface area contributed by atoms with Gasteiger partial charge in [-0.15, -0.1) is 0 Å². The van der Waals surface area contributed by atoms with E-state index in [4.69, 9.17) is 10.5 Å². The molecule has 0 saturated heterocycles. The summed E-state index contributed by atoms with van der Waals surface area (Å²) in [6, 6.07) is 13.0. The zero-order valence-electron chi connectivity index (χ0n) is 12.6. The number of carbonyl (C=O) groups excluding carboxylic acids is 1. The van der Waals surface area contributed by atoms with Crippen LogP contribution in [0.5, 0.6) is 5.75 Å². The molecule has 0 aliphatic heterocycles. The Balaban J connectivity index is 2.09. The van der Waals surface area contributed by atoms with Crippen molar-refractivity contribution in [1.82, 2.24) is 4.90 Å². The number of nitrogen functional groups attached to an aromatic ring is 1. The highest BCUT2D eigenvalue weighted by Gasteiger charge is 2.12. The quantitative estimate of drug-likeness (QED) is 0.878. The van der Waals surface area contributed by atoms with Gasteiger partial charge >= 0.3 is 0 Å². The number of nitrogens with zero attached hydrogens (tertiary/aromatic N) is 1. The normalized spacial score (nSPS) is 10.2. The third-order valence-corrected chi connectivity index (χ3v) is 3.44. The first-order valence-corrected chi connectivity index (χ1v) is 6.76. The van der Waals surface area contributed by atoms with E-state index in [-0.39, 0.29) is 5.91 Å². The van der Waals surface area contributed by atoms with E-state index in [2.05, 4.69) is 0 Å². The molecule has 4 nitrogen and oxygen atoms in total. The van der Waals surface area contributed by atoms with E-state index >= 15 is 0 Å². The van der Waals surface area contributed by atoms with Crippen molar-refractivity contribution in [3.8, 4) is 5.75 Å². The van der Waals surface area contributed by atoms with Gasteiger partial charge in [0.15, 0.2) is 0 Å². The number of amides is 1. The topological polar surface area (TPSA) is 55.6 Å². The van der Waals surface area contributed by atoms with E-state index in [1.165, 1.54) is 0 Å². The average Bonchev–Trinajstić information content (AvgIpc) is 2.50. The molecule has 110 valence electrons. The summed E-state index contributed by atoms with van der Waals surface area (Å²) in [5.41, 5.74) is 9.10. The maximum atomic E-state index is 12.4. The predicted molar refractivity (Wildman–Crippen MR) is 84.4 cm³/mol. The molecule has 0 radical (unpaired) electrons. The van der Waals surface area contributed by atoms with Gasteiger partial charge in [0, 0.05) is 24.8 Å². The van der Waals surface area contributed by atoms with E-state index < -0.39 is 0 Å². The van der Waals surface area contributed by atoms with Crippen LogP contribution >= 0.6 is 0 Å². The average molecular weight is 284 g/mol. The van der Waals surface area contributed by atoms with Gasteiger partial charge in [0.2, 0.25) is 0 Å². The van der Waals surface area contributed by atoms with Crippen LogP contribution in [0.25, 0.3) is 0 Å². The van der Waals surface area contributed by atoms with Gasteiger partial charge in [-0.1, -0.05) is 12.1 Å². The van der Waals surface area contributed by atoms with Gasteiger partial charge in [0.05, 0.1) is 7.11 Å². The highest BCUT2D eigenvalue weighted by atomic mass is 16.5. The first-order chi connectivity index (χ1) is 10.0. The maximum Gasteiger partial charge on any atom is 0.253 e. The number of methoxy groups -OCH3 is 1. The maximum absolute atomic E-state index is 12.4. The fourth-order valence-electron chi connectivity index (χ4n) is 2.11. The largest absolute Gasteiger partial charge is 0.497 e. The minimum atomic E-state index is -0.0195. The minimum absolute atomic E-state index is 0.0195. The monoisotopic (exact) mass is 284 g/mol. The summed E-state index contributed by atoms with van der Waals surface area (Å²) in [6.45, 7) is 2.45. The van der Waals surface area contributed by atoms with Crippen molar-refractivity contribution in [2.45, 2.75) is 13.5 Å². The standard InChI is InChI=1S/C17H20N2O2/c1-12-10-14(6-9-16(12)18)17(20)19(2)11-13-4-7-15(21-3)8-5-13/h4-10H,11,18H2,1-3H3. The molecule has 0 fully saturated rings. The molecular formula is C17H20N2O2. The van der Waals surface area contributed by atoms with E-state index in [0.717, 1.165) is 16.9 Å². The van der Waals surface area contributed by atoms with Gasteiger partial charge in [0.25, 0.3) is 5.91 Å². The first kappa shape index (κ1) is 14.9. The van der Waals surface area contributed by atoms with Crippen molar-refractivity contribution in [2.24, 2.45) is 0 Å². The number of hydrogen-bond donors (Lipinski definition) is 1. The number of nitrogens with two attached hydrogens (primary N) is 1. The summed E-state index contributed by atoms with van der Waals surface area (Å²) in [5, 5.41) is 0. The van der Waals surface area contributed by atoms with Crippen LogP contribution in [0.2, 0.25) is 0 Å². The Morgan fingerprint density at radius 3 is 2.43 bits per heavy atom. The van der Waals surface area contributed by atoms with Crippen LogP contribution in [-0.4, -0.2) is 25.0 Å². The number of anilines is 1. The Morgan fingerprint density at radius 2 is 1.86 bits per heavy atom. The molecule has 0 saturated carbocycles. The molecule has 2 aromatic rings. The van der Waals surface area contributed by atoms with Crippen molar-refractivity contribution in [1.29, 1.82) is 0 Å². The molecule has 2 N–H and O–H groups in total. The van der Waals surface area contributed by atoms with Gasteiger partial charge in [-0.25, -0.2) is 0 Å². The molecule has 0 bridgehead atoms. The van der Waals surface area contributed by atoms with Gasteiger partial charge in [-0.05, 0) is 48.4 Å². The molecule has 2 rings (SSSR count). The molecule has 0 heterocycles. The Morgan fingerprint density at radius 1 is 1.19 bits per heavy atom. The number of hydrogen-bond acceptors (Lipinski definition) is 3. The highest BCUT2D eigenvalue weighted by Crippen LogP contribution is 2.16. The smallest absolute Gasteiger partial charge is 0.253 e. The van der Waals surface area contributed by atoms with Gasteiger partial charge in [0.1, 0.15) is 5.75 Å². The summed E-state index contributed by atoms with van der Waals surface area (Å²) in [6.07, 6.45) is 0. The van der Waals surface area contributed by atoms with Gasteiger partial charge in [-0.2, -0.15) is 0 Å². The lowest BCUT2D eigenvalue weighted by atomic mass is 10.1. The summed E-state index contributed by atoms with van der Waals surface area (Å²) >= 11 is 0. The summed E-state index contributed by atoms with van der Waals surface area (Å²) in [5.74, 6) is 0.788. The van der Waals surface area contributed by atoms with Crippen LogP contribution in [0, 0.1) is 6.92 Å². The van der Waals surface area contributed by atoms with E-state index in [1.807, 2.05) is 37.3 Å². The van der Waals surface area contributed by atoms with Crippen molar-refractivity contribution >= 4 is 11.6 Å². The fourth-order valence-corrected chi connectivity index (χ4v) is 2.11. The van der Waals surface area contributed by atoms with E-state index in [9.17, 15) is 4.79 Å². The second-order valence-corrected chi connectivity index (χ2v) is 5.08. The third-order valence-electron chi connectivity index (χ3n) is 3.44. The molecule has 21 heavy (non-hydrogen) atoms. The molecule has 1 amide bonds. The molecule has 4 heteroatoms. The first-order valence-electron chi connectivity index (χ1n) is 6.76. The molecular weight excluding hydrogens is 264 g/mol. The lowest BCUT2D eigenvalue weighted by Crippen LogP contribution is -2.26. The summed E-state index contributed by atoms with van der Waals surface area (Å²) < 4.78 is 5.12. The van der Waals surface area contributed by atoms with Gasteiger partial charge < -0.3 is 15.4 Å². The zero-order chi connectivity index (χ0) is 15.4. The van der Waals surface area contributed by atoms with Crippen LogP contribution in [0.1, 0.15) is 21.5 Å². The Hall–Kier alpha value is -2.49. The van der Waals surface area contributed by atoms with Crippen LogP contribution in [0.3, 0.4) is 0 Å². The van der Waals surface area contributed by atoms with Crippen LogP contribution < -0.4 is 10.5 Å². The van der Waals surface area contributed by atoms with Crippen LogP contribution in [0.4, 0.5) is 5.69 Å². The third kappa shape index (κ3) is 3.54. The number of aryl methyl sites for hydroxylation is 1. The number of benzene rings is 2. The SMILES string of the molecule is COc1ccc(CN(C)C(=O)c2ccc(N)c(C)c2)cc1. The van der Waals surface area contributed by atoms with Crippen LogP contribution in [-0.2, 0) is 6.54 Å². The second-order valence-electron chi connectivity index (χ2n) is 5.08. The van der Waals surface area contributed by atoms with Crippen molar-refractivity contribution in [2.75, 3.05) is 19.9 Å². The van der Waals surface area contributed by atoms with E-state index in [0.29, 0.717) is 17.8 Å². The molecule has 0 aliphatic carbocycles. The van der Waals surface area contributed by atoms with Crippen molar-refractivity contribution in [3.05, 3.63) is 59.2 Å². The molecule has 0 atom stereocenters. The highest BCUT2D eigenvalue weighted by molar-refractivity contribution is 5.94. The Bertz CT molecular complexity index is 636. The number of carbonyl (C=O) groups is 1. The Labute approximate surface area is 125 Å².